The van der Waals surface area contributed by atoms with Crippen molar-refractivity contribution in [2.24, 2.45) is 10.8 Å². The molecule has 6 N–H and O–H groups in total. The lowest BCUT2D eigenvalue weighted by atomic mass is 10.2. The second-order valence-electron chi connectivity index (χ2n) is 2.96. The quantitative estimate of drug-likeness (QED) is 0.248. The number of nitrogens with one attached hydrogen (secondary N) is 1. The average Bonchev–Trinajstić information content (AvgIpc) is 2.21. The van der Waals surface area contributed by atoms with E-state index < -0.39 is 23.3 Å². The van der Waals surface area contributed by atoms with Gasteiger partial charge in [-0.3, -0.25) is 9.59 Å². The SMILES string of the molecule is NC(=O)C(=O)N/N=C/c1c(O)cc(O)cc1O. The Bertz CT molecular complexity index is 474. The molecule has 1 rings (SSSR count). The highest BCUT2D eigenvalue weighted by Gasteiger charge is 2.09. The van der Waals surface area contributed by atoms with Crippen molar-refractivity contribution >= 4 is 18.0 Å². The molecule has 0 aliphatic rings. The number of hydrogen-bond donors (Lipinski definition) is 5. The minimum atomic E-state index is -1.22. The first-order chi connectivity index (χ1) is 7.91. The zero-order chi connectivity index (χ0) is 13.0. The molecule has 0 aliphatic heterocycles. The van der Waals surface area contributed by atoms with E-state index in [9.17, 15) is 19.8 Å². The topological polar surface area (TPSA) is 145 Å². The standard InChI is InChI=1S/C9H9N3O5/c10-8(16)9(17)12-11-3-5-6(14)1-4(13)2-7(5)15/h1-3,13-15H,(H2,10,16)(H,12,17)/b11-3+. The minimum absolute atomic E-state index is 0.132. The summed E-state index contributed by atoms with van der Waals surface area (Å²) < 4.78 is 0. The van der Waals surface area contributed by atoms with Crippen LogP contribution < -0.4 is 11.2 Å². The summed E-state index contributed by atoms with van der Waals surface area (Å²) in [6.45, 7) is 0. The largest absolute Gasteiger partial charge is 0.508 e. The average molecular weight is 239 g/mol. The van der Waals surface area contributed by atoms with Crippen molar-refractivity contribution in [2.45, 2.75) is 0 Å². The molecule has 0 bridgehead atoms. The fourth-order valence-electron chi connectivity index (χ4n) is 0.951. The van der Waals surface area contributed by atoms with E-state index in [1.807, 2.05) is 0 Å². The predicted octanol–water partition coefficient (Wildman–Crippen LogP) is -1.26. The molecule has 0 atom stereocenters. The summed E-state index contributed by atoms with van der Waals surface area (Å²) in [7, 11) is 0. The molecule has 0 aromatic heterocycles. The number of amides is 2. The van der Waals surface area contributed by atoms with Gasteiger partial charge in [-0.25, -0.2) is 5.43 Å². The molecule has 0 aliphatic carbocycles. The number of nitrogens with two attached hydrogens (primary N) is 1. The first kappa shape index (κ1) is 12.3. The third kappa shape index (κ3) is 3.09. The molecule has 90 valence electrons. The molecule has 1 aromatic rings. The first-order valence-corrected chi connectivity index (χ1v) is 4.29. The van der Waals surface area contributed by atoms with Crippen LogP contribution in [-0.4, -0.2) is 33.3 Å². The van der Waals surface area contributed by atoms with Crippen molar-refractivity contribution in [3.05, 3.63) is 17.7 Å². The number of aromatic hydroxyl groups is 3. The number of hydrazone groups is 1. The lowest BCUT2D eigenvalue weighted by Gasteiger charge is -2.02. The van der Waals surface area contributed by atoms with Gasteiger partial charge in [0.2, 0.25) is 0 Å². The van der Waals surface area contributed by atoms with Crippen molar-refractivity contribution in [3.63, 3.8) is 0 Å². The van der Waals surface area contributed by atoms with Crippen LogP contribution in [-0.2, 0) is 9.59 Å². The van der Waals surface area contributed by atoms with Gasteiger partial charge in [-0.15, -0.1) is 0 Å². The van der Waals surface area contributed by atoms with Crippen LogP contribution in [0.4, 0.5) is 0 Å². The van der Waals surface area contributed by atoms with Crippen LogP contribution in [0.1, 0.15) is 5.56 Å². The maximum Gasteiger partial charge on any atom is 0.329 e. The van der Waals surface area contributed by atoms with Crippen LogP contribution in [0.3, 0.4) is 0 Å². The van der Waals surface area contributed by atoms with E-state index in [-0.39, 0.29) is 11.3 Å². The molecular weight excluding hydrogens is 230 g/mol. The molecule has 17 heavy (non-hydrogen) atoms. The highest BCUT2D eigenvalue weighted by atomic mass is 16.3. The number of hydrogen-bond acceptors (Lipinski definition) is 6. The van der Waals surface area contributed by atoms with Crippen LogP contribution in [0.15, 0.2) is 17.2 Å². The zero-order valence-electron chi connectivity index (χ0n) is 8.41. The molecule has 0 spiro atoms. The van der Waals surface area contributed by atoms with Crippen LogP contribution in [0.5, 0.6) is 17.2 Å². The summed E-state index contributed by atoms with van der Waals surface area (Å²) in [5.74, 6) is -3.59. The van der Waals surface area contributed by atoms with Gasteiger partial charge in [0.1, 0.15) is 17.2 Å². The molecule has 8 nitrogen and oxygen atoms in total. The van der Waals surface area contributed by atoms with Gasteiger partial charge in [-0.2, -0.15) is 5.10 Å². The number of phenolic OH excluding ortho intramolecular Hbond substituents is 3. The monoisotopic (exact) mass is 239 g/mol. The van der Waals surface area contributed by atoms with Crippen molar-refractivity contribution < 1.29 is 24.9 Å². The molecule has 0 heterocycles. The molecule has 0 saturated heterocycles. The minimum Gasteiger partial charge on any atom is -0.508 e. The fourth-order valence-corrected chi connectivity index (χ4v) is 0.951. The molecule has 0 saturated carbocycles. The van der Waals surface area contributed by atoms with Crippen molar-refractivity contribution in [1.82, 2.24) is 5.43 Å². The van der Waals surface area contributed by atoms with E-state index >= 15 is 0 Å². The molecule has 1 aromatic carbocycles. The van der Waals surface area contributed by atoms with E-state index in [0.29, 0.717) is 0 Å². The molecule has 8 heteroatoms. The lowest BCUT2D eigenvalue weighted by molar-refractivity contribution is -0.137. The Balaban J connectivity index is 2.85. The maximum atomic E-state index is 10.7. The number of rotatable bonds is 2. The number of phenols is 3. The number of primary amides is 1. The van der Waals surface area contributed by atoms with E-state index in [2.05, 4.69) is 10.8 Å². The van der Waals surface area contributed by atoms with Crippen LogP contribution in [0.2, 0.25) is 0 Å². The Morgan fingerprint density at radius 2 is 1.76 bits per heavy atom. The maximum absolute atomic E-state index is 10.7. The molecule has 0 fully saturated rings. The normalized spacial score (nSPS) is 10.4. The van der Waals surface area contributed by atoms with E-state index in [0.717, 1.165) is 18.3 Å². The third-order valence-electron chi connectivity index (χ3n) is 1.70. The number of carbonyl (C=O) groups excluding carboxylic acids is 2. The Morgan fingerprint density at radius 3 is 2.24 bits per heavy atom. The molecule has 0 unspecified atom stereocenters. The number of carbonyl (C=O) groups is 2. The number of nitrogens with zero attached hydrogens (tertiary/aromatic N) is 1. The Kier molecular flexibility index (Phi) is 3.50. The Labute approximate surface area is 95.0 Å². The second-order valence-corrected chi connectivity index (χ2v) is 2.96. The predicted molar refractivity (Wildman–Crippen MR) is 56.4 cm³/mol. The van der Waals surface area contributed by atoms with Gasteiger partial charge in [0, 0.05) is 12.1 Å². The molecular formula is C9H9N3O5. The van der Waals surface area contributed by atoms with Gasteiger partial charge in [0.25, 0.3) is 0 Å². The van der Waals surface area contributed by atoms with E-state index in [1.165, 1.54) is 0 Å². The summed E-state index contributed by atoms with van der Waals surface area (Å²) in [4.78, 5) is 21.0. The van der Waals surface area contributed by atoms with Crippen molar-refractivity contribution in [1.29, 1.82) is 0 Å². The van der Waals surface area contributed by atoms with E-state index in [1.54, 1.807) is 5.43 Å². The van der Waals surface area contributed by atoms with Crippen LogP contribution >= 0.6 is 0 Å². The Morgan fingerprint density at radius 1 is 1.24 bits per heavy atom. The number of benzene rings is 1. The van der Waals surface area contributed by atoms with Gasteiger partial charge >= 0.3 is 11.8 Å². The summed E-state index contributed by atoms with van der Waals surface area (Å²) in [6, 6.07) is 1.94. The summed E-state index contributed by atoms with van der Waals surface area (Å²) in [6.07, 6.45) is 0.894. The van der Waals surface area contributed by atoms with Crippen LogP contribution in [0, 0.1) is 0 Å². The van der Waals surface area contributed by atoms with E-state index in [4.69, 9.17) is 5.11 Å². The van der Waals surface area contributed by atoms with Crippen molar-refractivity contribution in [2.75, 3.05) is 0 Å². The summed E-state index contributed by atoms with van der Waals surface area (Å²) in [5.41, 5.74) is 6.28. The second kappa shape index (κ2) is 4.84. The van der Waals surface area contributed by atoms with Gasteiger partial charge in [0.15, 0.2) is 0 Å². The highest BCUT2D eigenvalue weighted by molar-refractivity contribution is 6.34. The van der Waals surface area contributed by atoms with Gasteiger partial charge in [0.05, 0.1) is 11.8 Å². The Hall–Kier alpha value is -2.77. The zero-order valence-corrected chi connectivity index (χ0v) is 8.41. The first-order valence-electron chi connectivity index (χ1n) is 4.29. The van der Waals surface area contributed by atoms with Crippen LogP contribution in [0.25, 0.3) is 0 Å². The third-order valence-corrected chi connectivity index (χ3v) is 1.70. The lowest BCUT2D eigenvalue weighted by Crippen LogP contribution is -2.32. The van der Waals surface area contributed by atoms with Gasteiger partial charge in [-0.05, 0) is 0 Å². The van der Waals surface area contributed by atoms with Gasteiger partial charge in [-0.1, -0.05) is 0 Å². The summed E-state index contributed by atoms with van der Waals surface area (Å²) >= 11 is 0. The van der Waals surface area contributed by atoms with Gasteiger partial charge < -0.3 is 21.1 Å². The smallest absolute Gasteiger partial charge is 0.329 e. The highest BCUT2D eigenvalue weighted by Crippen LogP contribution is 2.30. The van der Waals surface area contributed by atoms with Crippen molar-refractivity contribution in [3.8, 4) is 17.2 Å². The molecule has 0 radical (unpaired) electrons. The fraction of sp³-hybridized carbons (Fsp3) is 0. The summed E-state index contributed by atoms with van der Waals surface area (Å²) in [5, 5.41) is 31.0. The molecule has 2 amide bonds.